The highest BCUT2D eigenvalue weighted by molar-refractivity contribution is 7.98. The predicted octanol–water partition coefficient (Wildman–Crippen LogP) is 4.79. The quantitative estimate of drug-likeness (QED) is 0.813. The molecule has 1 saturated heterocycles. The molecule has 126 valence electrons. The molecule has 1 N–H and O–H groups in total. The van der Waals surface area contributed by atoms with Crippen LogP contribution in [0.15, 0.2) is 53.4 Å². The van der Waals surface area contributed by atoms with Crippen LogP contribution in [0.25, 0.3) is 0 Å². The summed E-state index contributed by atoms with van der Waals surface area (Å²) in [4.78, 5) is 15.8. The topological polar surface area (TPSA) is 41.6 Å². The van der Waals surface area contributed by atoms with Gasteiger partial charge >= 0.3 is 6.03 Å². The first-order chi connectivity index (χ1) is 11.7. The summed E-state index contributed by atoms with van der Waals surface area (Å²) in [5.74, 6) is 0.826. The van der Waals surface area contributed by atoms with E-state index in [1.807, 2.05) is 53.6 Å². The number of anilines is 1. The van der Waals surface area contributed by atoms with Crippen molar-refractivity contribution in [1.82, 2.24) is 4.90 Å². The van der Waals surface area contributed by atoms with E-state index < -0.39 is 0 Å². The zero-order valence-electron chi connectivity index (χ0n) is 14.0. The second-order valence-corrected chi connectivity index (χ2v) is 6.61. The third-order valence-electron chi connectivity index (χ3n) is 4.34. The highest BCUT2D eigenvalue weighted by atomic mass is 32.2. The smallest absolute Gasteiger partial charge is 0.322 e. The van der Waals surface area contributed by atoms with Crippen LogP contribution in [0.4, 0.5) is 10.5 Å². The molecule has 24 heavy (non-hydrogen) atoms. The maximum absolute atomic E-state index is 12.8. The number of nitrogens with one attached hydrogen (secondary N) is 1. The molecule has 0 saturated carbocycles. The molecule has 0 spiro atoms. The molecule has 1 aliphatic heterocycles. The van der Waals surface area contributed by atoms with Gasteiger partial charge in [0.25, 0.3) is 0 Å². The lowest BCUT2D eigenvalue weighted by Crippen LogP contribution is -2.34. The average Bonchev–Trinajstić information content (AvgIpc) is 3.12. The van der Waals surface area contributed by atoms with Crippen LogP contribution >= 0.6 is 11.8 Å². The molecule has 1 aliphatic rings. The SMILES string of the molecule is COc1cccc([C@@H]2CCCN2C(=O)Nc2ccccc2SC)c1. The fourth-order valence-electron chi connectivity index (χ4n) is 3.14. The third kappa shape index (κ3) is 3.51. The van der Waals surface area contributed by atoms with Crippen molar-refractivity contribution in [2.45, 2.75) is 23.8 Å². The maximum Gasteiger partial charge on any atom is 0.322 e. The van der Waals surface area contributed by atoms with E-state index in [2.05, 4.69) is 11.4 Å². The van der Waals surface area contributed by atoms with Crippen molar-refractivity contribution in [2.75, 3.05) is 25.2 Å². The van der Waals surface area contributed by atoms with Gasteiger partial charge in [0.2, 0.25) is 0 Å². The maximum atomic E-state index is 12.8. The third-order valence-corrected chi connectivity index (χ3v) is 5.14. The van der Waals surface area contributed by atoms with Gasteiger partial charge in [-0.2, -0.15) is 0 Å². The Bertz CT molecular complexity index is 720. The number of methoxy groups -OCH3 is 1. The van der Waals surface area contributed by atoms with Crippen LogP contribution < -0.4 is 10.1 Å². The minimum absolute atomic E-state index is 0.0400. The highest BCUT2D eigenvalue weighted by Gasteiger charge is 2.30. The molecular formula is C19H22N2O2S. The standard InChI is InChI=1S/C19H22N2O2S/c1-23-15-8-5-7-14(13-15)17-10-6-12-21(17)19(22)20-16-9-3-4-11-18(16)24-2/h3-5,7-9,11,13,17H,6,10,12H2,1-2H3,(H,20,22)/t17-/m0/s1. The fourth-order valence-corrected chi connectivity index (χ4v) is 3.69. The molecule has 1 atom stereocenters. The van der Waals surface area contributed by atoms with E-state index in [-0.39, 0.29) is 12.1 Å². The number of carbonyl (C=O) groups excluding carboxylic acids is 1. The second kappa shape index (κ2) is 7.62. The normalized spacial score (nSPS) is 16.9. The number of hydrogen-bond acceptors (Lipinski definition) is 3. The molecular weight excluding hydrogens is 320 g/mol. The number of rotatable bonds is 4. The molecule has 4 nitrogen and oxygen atoms in total. The van der Waals surface area contributed by atoms with E-state index in [0.29, 0.717) is 0 Å². The molecule has 0 unspecified atom stereocenters. The number of urea groups is 1. The summed E-state index contributed by atoms with van der Waals surface area (Å²) in [5, 5.41) is 3.07. The van der Waals surface area contributed by atoms with Gasteiger partial charge in [-0.15, -0.1) is 11.8 Å². The molecule has 0 bridgehead atoms. The van der Waals surface area contributed by atoms with Crippen molar-refractivity contribution in [3.8, 4) is 5.75 Å². The molecule has 1 fully saturated rings. The molecule has 0 aliphatic carbocycles. The van der Waals surface area contributed by atoms with E-state index in [0.717, 1.165) is 41.3 Å². The Kier molecular flexibility index (Phi) is 5.30. The van der Waals surface area contributed by atoms with E-state index in [1.54, 1.807) is 18.9 Å². The number of ether oxygens (including phenoxy) is 1. The van der Waals surface area contributed by atoms with Crippen LogP contribution in [0.5, 0.6) is 5.75 Å². The molecule has 5 heteroatoms. The number of carbonyl (C=O) groups is 1. The van der Waals surface area contributed by atoms with E-state index in [4.69, 9.17) is 4.74 Å². The van der Waals surface area contributed by atoms with Gasteiger partial charge in [0, 0.05) is 11.4 Å². The van der Waals surface area contributed by atoms with Crippen molar-refractivity contribution < 1.29 is 9.53 Å². The van der Waals surface area contributed by atoms with Crippen LogP contribution in [0.2, 0.25) is 0 Å². The molecule has 2 aromatic carbocycles. The summed E-state index contributed by atoms with van der Waals surface area (Å²) in [7, 11) is 1.66. The fraction of sp³-hybridized carbons (Fsp3) is 0.316. The van der Waals surface area contributed by atoms with E-state index in [1.165, 1.54) is 0 Å². The van der Waals surface area contributed by atoms with Gasteiger partial charge < -0.3 is 15.0 Å². The Hall–Kier alpha value is -2.14. The van der Waals surface area contributed by atoms with Gasteiger partial charge in [-0.3, -0.25) is 0 Å². The largest absolute Gasteiger partial charge is 0.497 e. The number of para-hydroxylation sites is 1. The molecule has 0 aromatic heterocycles. The minimum Gasteiger partial charge on any atom is -0.497 e. The van der Waals surface area contributed by atoms with E-state index in [9.17, 15) is 4.79 Å². The van der Waals surface area contributed by atoms with Crippen molar-refractivity contribution in [1.29, 1.82) is 0 Å². The minimum atomic E-state index is -0.0400. The number of nitrogens with zero attached hydrogens (tertiary/aromatic N) is 1. The lowest BCUT2D eigenvalue weighted by atomic mass is 10.0. The molecule has 3 rings (SSSR count). The summed E-state index contributed by atoms with van der Waals surface area (Å²) in [5.41, 5.74) is 1.99. The van der Waals surface area contributed by atoms with Gasteiger partial charge in [-0.25, -0.2) is 4.79 Å². The highest BCUT2D eigenvalue weighted by Crippen LogP contribution is 2.34. The van der Waals surface area contributed by atoms with Crippen LogP contribution in [0.3, 0.4) is 0 Å². The first-order valence-electron chi connectivity index (χ1n) is 8.07. The monoisotopic (exact) mass is 342 g/mol. The Balaban J connectivity index is 1.78. The number of amides is 2. The van der Waals surface area contributed by atoms with Crippen LogP contribution in [-0.4, -0.2) is 30.8 Å². The molecule has 1 heterocycles. The van der Waals surface area contributed by atoms with Gasteiger partial charge in [0.1, 0.15) is 5.75 Å². The molecule has 2 aromatic rings. The van der Waals surface area contributed by atoms with E-state index >= 15 is 0 Å². The van der Waals surface area contributed by atoms with Crippen molar-refractivity contribution >= 4 is 23.5 Å². The summed E-state index contributed by atoms with van der Waals surface area (Å²) in [6.45, 7) is 0.773. The summed E-state index contributed by atoms with van der Waals surface area (Å²) in [6.07, 6.45) is 4.00. The number of likely N-dealkylation sites (tertiary alicyclic amines) is 1. The molecule has 0 radical (unpaired) electrons. The first-order valence-corrected chi connectivity index (χ1v) is 9.30. The lowest BCUT2D eigenvalue weighted by Gasteiger charge is -2.26. The Morgan fingerprint density at radius 2 is 2.08 bits per heavy atom. The Labute approximate surface area is 147 Å². The predicted molar refractivity (Wildman–Crippen MR) is 98.9 cm³/mol. The second-order valence-electron chi connectivity index (χ2n) is 5.76. The van der Waals surface area contributed by atoms with Crippen LogP contribution in [0, 0.1) is 0 Å². The van der Waals surface area contributed by atoms with Crippen LogP contribution in [-0.2, 0) is 0 Å². The van der Waals surface area contributed by atoms with Crippen molar-refractivity contribution in [3.63, 3.8) is 0 Å². The number of benzene rings is 2. The summed E-state index contributed by atoms with van der Waals surface area (Å²) >= 11 is 1.63. The van der Waals surface area contributed by atoms with Crippen molar-refractivity contribution in [3.05, 3.63) is 54.1 Å². The Morgan fingerprint density at radius 3 is 2.88 bits per heavy atom. The van der Waals surface area contributed by atoms with Gasteiger partial charge in [0.15, 0.2) is 0 Å². The number of hydrogen-bond donors (Lipinski definition) is 1. The van der Waals surface area contributed by atoms with Gasteiger partial charge in [-0.1, -0.05) is 24.3 Å². The zero-order valence-corrected chi connectivity index (χ0v) is 14.8. The molecule has 2 amide bonds. The van der Waals surface area contributed by atoms with Gasteiger partial charge in [-0.05, 0) is 48.9 Å². The Morgan fingerprint density at radius 1 is 1.25 bits per heavy atom. The van der Waals surface area contributed by atoms with Gasteiger partial charge in [0.05, 0.1) is 18.8 Å². The zero-order chi connectivity index (χ0) is 16.9. The summed E-state index contributed by atoms with van der Waals surface area (Å²) < 4.78 is 5.31. The average molecular weight is 342 g/mol. The van der Waals surface area contributed by atoms with Crippen LogP contribution in [0.1, 0.15) is 24.4 Å². The first kappa shape index (κ1) is 16.7. The summed E-state index contributed by atoms with van der Waals surface area (Å²) in [6, 6.07) is 15.9. The number of thioether (sulfide) groups is 1. The lowest BCUT2D eigenvalue weighted by molar-refractivity contribution is 0.207. The van der Waals surface area contributed by atoms with Crippen molar-refractivity contribution in [2.24, 2.45) is 0 Å².